The normalized spacial score (nSPS) is 17.6. The van der Waals surface area contributed by atoms with Crippen LogP contribution in [-0.4, -0.2) is 55.4 Å². The average Bonchev–Trinajstić information content (AvgIpc) is 3.20. The van der Waals surface area contributed by atoms with Gasteiger partial charge in [-0.25, -0.2) is 9.50 Å². The number of nitrogens with one attached hydrogen (secondary N) is 2. The minimum absolute atomic E-state index is 0.0955. The van der Waals surface area contributed by atoms with Gasteiger partial charge in [-0.3, -0.25) is 19.5 Å². The lowest BCUT2D eigenvalue weighted by atomic mass is 10.1. The summed E-state index contributed by atoms with van der Waals surface area (Å²) in [5.74, 6) is -0.312. The fourth-order valence-electron chi connectivity index (χ4n) is 3.24. The minimum atomic E-state index is -0.509. The number of pyridine rings is 1. The Hall–Kier alpha value is -2.85. The molecule has 0 radical (unpaired) electrons. The van der Waals surface area contributed by atoms with Crippen LogP contribution in [0.4, 0.5) is 0 Å². The Labute approximate surface area is 165 Å². The highest BCUT2D eigenvalue weighted by atomic mass is 32.1. The lowest BCUT2D eigenvalue weighted by Gasteiger charge is -2.34. The van der Waals surface area contributed by atoms with Crippen LogP contribution in [0, 0.1) is 6.92 Å². The van der Waals surface area contributed by atoms with Crippen LogP contribution in [-0.2, 0) is 22.7 Å². The predicted molar refractivity (Wildman–Crippen MR) is 104 cm³/mol. The molecule has 1 aliphatic rings. The lowest BCUT2D eigenvalue weighted by molar-refractivity contribution is -0.134. The summed E-state index contributed by atoms with van der Waals surface area (Å²) in [5, 5.41) is 10.9. The van der Waals surface area contributed by atoms with Crippen molar-refractivity contribution >= 4 is 28.1 Å². The van der Waals surface area contributed by atoms with Crippen molar-refractivity contribution in [3.05, 3.63) is 47.0 Å². The molecule has 0 bridgehead atoms. The Balaban J connectivity index is 1.36. The summed E-state index contributed by atoms with van der Waals surface area (Å²) in [4.78, 5) is 36.4. The predicted octanol–water partition coefficient (Wildman–Crippen LogP) is 0.501. The van der Waals surface area contributed by atoms with Gasteiger partial charge in [0.05, 0.1) is 36.6 Å². The Morgan fingerprint density at radius 1 is 1.39 bits per heavy atom. The second-order valence-electron chi connectivity index (χ2n) is 6.66. The highest BCUT2D eigenvalue weighted by molar-refractivity contribution is 7.16. The summed E-state index contributed by atoms with van der Waals surface area (Å²) >= 11 is 1.50. The summed E-state index contributed by atoms with van der Waals surface area (Å²) in [6, 6.07) is 5.18. The van der Waals surface area contributed by atoms with Crippen LogP contribution in [0.2, 0.25) is 0 Å². The van der Waals surface area contributed by atoms with E-state index in [1.165, 1.54) is 11.3 Å². The number of carbonyl (C=O) groups is 2. The molecule has 2 N–H and O–H groups in total. The topological polar surface area (TPSA) is 105 Å². The second kappa shape index (κ2) is 8.03. The third kappa shape index (κ3) is 4.18. The Morgan fingerprint density at radius 2 is 2.29 bits per heavy atom. The number of piperazine rings is 1. The van der Waals surface area contributed by atoms with Gasteiger partial charge in [-0.15, -0.1) is 0 Å². The van der Waals surface area contributed by atoms with Gasteiger partial charge in [0.2, 0.25) is 16.8 Å². The summed E-state index contributed by atoms with van der Waals surface area (Å²) in [6.07, 6.45) is 3.63. The zero-order chi connectivity index (χ0) is 19.5. The number of fused-ring (bicyclic) bond motifs is 1. The number of hydrogen-bond acceptors (Lipinski definition) is 7. The molecule has 9 nitrogen and oxygen atoms in total. The highest BCUT2D eigenvalue weighted by Crippen LogP contribution is 2.14. The van der Waals surface area contributed by atoms with Crippen molar-refractivity contribution in [3.63, 3.8) is 0 Å². The van der Waals surface area contributed by atoms with E-state index in [4.69, 9.17) is 0 Å². The molecule has 0 aliphatic carbocycles. The lowest BCUT2D eigenvalue weighted by Crippen LogP contribution is -2.56. The zero-order valence-corrected chi connectivity index (χ0v) is 16.3. The molecule has 0 aromatic carbocycles. The van der Waals surface area contributed by atoms with Gasteiger partial charge in [0, 0.05) is 25.8 Å². The second-order valence-corrected chi connectivity index (χ2v) is 7.82. The molecule has 1 aliphatic heterocycles. The molecule has 0 spiro atoms. The molecule has 2 amide bonds. The zero-order valence-electron chi connectivity index (χ0n) is 15.5. The van der Waals surface area contributed by atoms with Crippen molar-refractivity contribution < 1.29 is 9.59 Å². The first-order valence-electron chi connectivity index (χ1n) is 9.08. The third-order valence-electron chi connectivity index (χ3n) is 4.57. The number of amides is 2. The third-order valence-corrected chi connectivity index (χ3v) is 5.41. The summed E-state index contributed by atoms with van der Waals surface area (Å²) in [7, 11) is 0. The average molecular weight is 399 g/mol. The summed E-state index contributed by atoms with van der Waals surface area (Å²) in [5.41, 5.74) is 1.62. The quantitative estimate of drug-likeness (QED) is 0.626. The maximum absolute atomic E-state index is 12.5. The summed E-state index contributed by atoms with van der Waals surface area (Å²) < 4.78 is 1.71. The Kier molecular flexibility index (Phi) is 5.31. The number of imidazole rings is 1. The van der Waals surface area contributed by atoms with Crippen LogP contribution in [0.15, 0.2) is 30.6 Å². The summed E-state index contributed by atoms with van der Waals surface area (Å²) in [6.45, 7) is 4.02. The Bertz CT molecular complexity index is 953. The maximum Gasteiger partial charge on any atom is 0.237 e. The van der Waals surface area contributed by atoms with Crippen molar-refractivity contribution in [1.29, 1.82) is 0 Å². The van der Waals surface area contributed by atoms with Gasteiger partial charge in [0.25, 0.3) is 0 Å². The van der Waals surface area contributed by atoms with Gasteiger partial charge in [-0.1, -0.05) is 17.4 Å². The molecule has 28 heavy (non-hydrogen) atoms. The van der Waals surface area contributed by atoms with Crippen LogP contribution < -0.4 is 10.6 Å². The highest BCUT2D eigenvalue weighted by Gasteiger charge is 2.31. The van der Waals surface area contributed by atoms with Crippen LogP contribution in [0.5, 0.6) is 0 Å². The molecule has 0 saturated carbocycles. The molecular formula is C18H21N7O2S. The van der Waals surface area contributed by atoms with Gasteiger partial charge in [-0.2, -0.15) is 5.10 Å². The number of rotatable bonds is 6. The first kappa shape index (κ1) is 18.5. The van der Waals surface area contributed by atoms with E-state index in [1.54, 1.807) is 16.9 Å². The van der Waals surface area contributed by atoms with Gasteiger partial charge in [0.15, 0.2) is 0 Å². The molecule has 4 heterocycles. The van der Waals surface area contributed by atoms with Crippen LogP contribution in [0.1, 0.15) is 22.8 Å². The van der Waals surface area contributed by atoms with Crippen molar-refractivity contribution in [2.24, 2.45) is 0 Å². The van der Waals surface area contributed by atoms with E-state index in [0.717, 1.165) is 21.4 Å². The monoisotopic (exact) mass is 399 g/mol. The molecule has 3 aromatic heterocycles. The van der Waals surface area contributed by atoms with Crippen molar-refractivity contribution in [1.82, 2.24) is 35.1 Å². The number of hydrogen-bond donors (Lipinski definition) is 2. The molecule has 4 rings (SSSR count). The number of carbonyl (C=O) groups excluding carboxylic acids is 2. The number of aromatic nitrogens is 4. The standard InChI is InChI=1S/C18H21N7O2S/c1-12-23-25-11-14(22-18(25)28-12)9-21-16(26)8-15-17(27)20-6-7-24(15)10-13-4-2-3-5-19-13/h2-5,11,15H,6-10H2,1H3,(H,20,27)(H,21,26). The minimum Gasteiger partial charge on any atom is -0.353 e. The van der Waals surface area contributed by atoms with Gasteiger partial charge in [-0.05, 0) is 19.1 Å². The van der Waals surface area contributed by atoms with Crippen LogP contribution in [0.25, 0.3) is 4.96 Å². The largest absolute Gasteiger partial charge is 0.353 e. The fourth-order valence-corrected chi connectivity index (χ4v) is 3.98. The molecule has 10 heteroatoms. The van der Waals surface area contributed by atoms with Crippen LogP contribution in [0.3, 0.4) is 0 Å². The molecule has 1 atom stereocenters. The molecule has 1 fully saturated rings. The van der Waals surface area contributed by atoms with E-state index in [1.807, 2.05) is 30.0 Å². The van der Waals surface area contributed by atoms with Crippen LogP contribution >= 0.6 is 11.3 Å². The van der Waals surface area contributed by atoms with Gasteiger partial charge in [0.1, 0.15) is 5.01 Å². The number of nitrogens with zero attached hydrogens (tertiary/aromatic N) is 5. The van der Waals surface area contributed by atoms with E-state index >= 15 is 0 Å². The fraction of sp³-hybridized carbons (Fsp3) is 0.389. The van der Waals surface area contributed by atoms with E-state index in [9.17, 15) is 9.59 Å². The van der Waals surface area contributed by atoms with E-state index in [2.05, 4.69) is 25.7 Å². The molecule has 146 valence electrons. The SMILES string of the molecule is Cc1nn2cc(CNC(=O)CC3C(=O)NCCN3Cc3ccccn3)nc2s1. The Morgan fingerprint density at radius 3 is 3.07 bits per heavy atom. The molecule has 1 unspecified atom stereocenters. The molecule has 3 aromatic rings. The molecular weight excluding hydrogens is 378 g/mol. The van der Waals surface area contributed by atoms with E-state index in [-0.39, 0.29) is 18.2 Å². The first-order chi connectivity index (χ1) is 13.6. The van der Waals surface area contributed by atoms with Crippen molar-refractivity contribution in [3.8, 4) is 0 Å². The van der Waals surface area contributed by atoms with Gasteiger partial charge >= 0.3 is 0 Å². The first-order valence-corrected chi connectivity index (χ1v) is 9.90. The van der Waals surface area contributed by atoms with Crippen molar-refractivity contribution in [2.45, 2.75) is 32.5 Å². The van der Waals surface area contributed by atoms with E-state index < -0.39 is 6.04 Å². The smallest absolute Gasteiger partial charge is 0.237 e. The van der Waals surface area contributed by atoms with Crippen molar-refractivity contribution in [2.75, 3.05) is 13.1 Å². The maximum atomic E-state index is 12.5. The van der Waals surface area contributed by atoms with Gasteiger partial charge < -0.3 is 10.6 Å². The van der Waals surface area contributed by atoms with E-state index in [0.29, 0.717) is 26.2 Å². The number of aryl methyl sites for hydroxylation is 1. The molecule has 1 saturated heterocycles.